The summed E-state index contributed by atoms with van der Waals surface area (Å²) in [4.78, 5) is 2.15. The summed E-state index contributed by atoms with van der Waals surface area (Å²) in [7, 11) is -1.30. The molecule has 0 bridgehead atoms. The molecular formula is C17H20ClN5O2S. The molecule has 1 saturated heterocycles. The first-order chi connectivity index (χ1) is 12.4. The maximum absolute atomic E-state index is 11.6. The van der Waals surface area contributed by atoms with E-state index >= 15 is 0 Å². The average Bonchev–Trinajstić information content (AvgIpc) is 3.17. The number of rotatable bonds is 3. The zero-order valence-corrected chi connectivity index (χ0v) is 16.0. The van der Waals surface area contributed by atoms with E-state index in [2.05, 4.69) is 32.0 Å². The van der Waals surface area contributed by atoms with Crippen molar-refractivity contribution in [1.29, 1.82) is 0 Å². The lowest BCUT2D eigenvalue weighted by atomic mass is 10.00. The Labute approximate surface area is 157 Å². The van der Waals surface area contributed by atoms with Gasteiger partial charge in [-0.15, -0.1) is 10.2 Å². The van der Waals surface area contributed by atoms with E-state index in [1.54, 1.807) is 0 Å². The number of hydrogen-bond donors (Lipinski definition) is 1. The van der Waals surface area contributed by atoms with Crippen LogP contribution >= 0.6 is 11.6 Å². The molecule has 1 aromatic heterocycles. The standard InChI is InChI=1S/C17H20ClN5O2S/c1-22-16(15-7-10-26(24,25)21-15)19-20-17(22)23-8-5-12(6-9-23)13-3-2-4-14(18)11-13/h2-5,11,15,21H,6-10H2,1H3. The second-order valence-corrected chi connectivity index (χ2v) is 8.94. The monoisotopic (exact) mass is 393 g/mol. The summed E-state index contributed by atoms with van der Waals surface area (Å²) >= 11 is 6.09. The number of benzene rings is 1. The van der Waals surface area contributed by atoms with Crippen molar-refractivity contribution in [2.75, 3.05) is 23.7 Å². The quantitative estimate of drug-likeness (QED) is 0.864. The highest BCUT2D eigenvalue weighted by molar-refractivity contribution is 7.89. The Bertz CT molecular complexity index is 969. The van der Waals surface area contributed by atoms with Gasteiger partial charge in [0, 0.05) is 25.2 Å². The van der Waals surface area contributed by atoms with Crippen molar-refractivity contribution in [2.24, 2.45) is 7.05 Å². The first-order valence-electron chi connectivity index (χ1n) is 8.52. The van der Waals surface area contributed by atoms with Crippen LogP contribution in [0, 0.1) is 0 Å². The van der Waals surface area contributed by atoms with Crippen molar-refractivity contribution in [2.45, 2.75) is 18.9 Å². The zero-order chi connectivity index (χ0) is 18.3. The maximum Gasteiger partial charge on any atom is 0.227 e. The Morgan fingerprint density at radius 3 is 2.81 bits per heavy atom. The predicted molar refractivity (Wildman–Crippen MR) is 102 cm³/mol. The normalized spacial score (nSPS) is 22.5. The average molecular weight is 394 g/mol. The van der Waals surface area contributed by atoms with Gasteiger partial charge in [-0.3, -0.25) is 4.57 Å². The number of anilines is 1. The van der Waals surface area contributed by atoms with Gasteiger partial charge in [-0.2, -0.15) is 0 Å². The van der Waals surface area contributed by atoms with E-state index in [1.165, 1.54) is 5.57 Å². The highest BCUT2D eigenvalue weighted by Gasteiger charge is 2.32. The second kappa shape index (κ2) is 6.68. The summed E-state index contributed by atoms with van der Waals surface area (Å²) in [6, 6.07) is 7.59. The molecule has 3 heterocycles. The number of nitrogens with one attached hydrogen (secondary N) is 1. The minimum atomic E-state index is -3.18. The van der Waals surface area contributed by atoms with E-state index in [1.807, 2.05) is 29.8 Å². The smallest absolute Gasteiger partial charge is 0.227 e. The molecule has 138 valence electrons. The van der Waals surface area contributed by atoms with Gasteiger partial charge in [0.15, 0.2) is 5.82 Å². The van der Waals surface area contributed by atoms with Gasteiger partial charge in [0.05, 0.1) is 11.8 Å². The van der Waals surface area contributed by atoms with Crippen LogP contribution in [0.3, 0.4) is 0 Å². The van der Waals surface area contributed by atoms with Crippen molar-refractivity contribution >= 4 is 33.1 Å². The third kappa shape index (κ3) is 3.36. The summed E-state index contributed by atoms with van der Waals surface area (Å²) in [5.74, 6) is 1.55. The van der Waals surface area contributed by atoms with E-state index in [9.17, 15) is 8.42 Å². The largest absolute Gasteiger partial charge is 0.337 e. The Morgan fingerprint density at radius 2 is 2.15 bits per heavy atom. The maximum atomic E-state index is 11.6. The van der Waals surface area contributed by atoms with Gasteiger partial charge < -0.3 is 4.90 Å². The summed E-state index contributed by atoms with van der Waals surface area (Å²) in [6.45, 7) is 1.55. The third-order valence-electron chi connectivity index (χ3n) is 4.88. The molecule has 0 spiro atoms. The predicted octanol–water partition coefficient (Wildman–Crippen LogP) is 2.13. The summed E-state index contributed by atoms with van der Waals surface area (Å²) in [6.07, 6.45) is 3.59. The lowest BCUT2D eigenvalue weighted by molar-refractivity contribution is 0.570. The van der Waals surface area contributed by atoms with Gasteiger partial charge in [-0.1, -0.05) is 29.8 Å². The molecule has 0 amide bonds. The molecule has 0 saturated carbocycles. The van der Waals surface area contributed by atoms with Crippen molar-refractivity contribution < 1.29 is 8.42 Å². The highest BCUT2D eigenvalue weighted by Crippen LogP contribution is 2.28. The van der Waals surface area contributed by atoms with Crippen molar-refractivity contribution in [1.82, 2.24) is 19.5 Å². The fraction of sp³-hybridized carbons (Fsp3) is 0.412. The fourth-order valence-electron chi connectivity index (χ4n) is 3.50. The topological polar surface area (TPSA) is 80.1 Å². The molecule has 1 aromatic carbocycles. The molecule has 2 aliphatic rings. The van der Waals surface area contributed by atoms with Crippen LogP contribution in [-0.4, -0.2) is 42.0 Å². The third-order valence-corrected chi connectivity index (χ3v) is 6.53. The van der Waals surface area contributed by atoms with Crippen LogP contribution in [-0.2, 0) is 17.1 Å². The van der Waals surface area contributed by atoms with Crippen LogP contribution in [0.4, 0.5) is 5.95 Å². The van der Waals surface area contributed by atoms with Crippen LogP contribution in [0.25, 0.3) is 5.57 Å². The van der Waals surface area contributed by atoms with Crippen LogP contribution in [0.5, 0.6) is 0 Å². The highest BCUT2D eigenvalue weighted by atomic mass is 35.5. The number of nitrogens with zero attached hydrogens (tertiary/aromatic N) is 4. The van der Waals surface area contributed by atoms with Crippen LogP contribution in [0.15, 0.2) is 30.3 Å². The molecule has 26 heavy (non-hydrogen) atoms. The van der Waals surface area contributed by atoms with Gasteiger partial charge >= 0.3 is 0 Å². The minimum absolute atomic E-state index is 0.134. The molecule has 1 unspecified atom stereocenters. The summed E-state index contributed by atoms with van der Waals surface area (Å²) in [5.41, 5.74) is 2.42. The number of hydrogen-bond acceptors (Lipinski definition) is 5. The minimum Gasteiger partial charge on any atom is -0.337 e. The van der Waals surface area contributed by atoms with Gasteiger partial charge in [0.25, 0.3) is 0 Å². The molecule has 0 aliphatic carbocycles. The summed E-state index contributed by atoms with van der Waals surface area (Å²) in [5, 5.41) is 9.27. The van der Waals surface area contributed by atoms with E-state index in [0.29, 0.717) is 12.2 Å². The number of sulfonamides is 1. The molecule has 2 aromatic rings. The van der Waals surface area contributed by atoms with E-state index in [4.69, 9.17) is 11.6 Å². The molecule has 1 atom stereocenters. The van der Waals surface area contributed by atoms with Gasteiger partial charge in [0.2, 0.25) is 16.0 Å². The first-order valence-corrected chi connectivity index (χ1v) is 10.6. The van der Waals surface area contributed by atoms with Crippen molar-refractivity contribution in [3.8, 4) is 0 Å². The molecule has 1 N–H and O–H groups in total. The van der Waals surface area contributed by atoms with Crippen LogP contribution < -0.4 is 9.62 Å². The molecule has 2 aliphatic heterocycles. The lowest BCUT2D eigenvalue weighted by Gasteiger charge is -2.27. The molecule has 4 rings (SSSR count). The number of halogens is 1. The molecule has 7 nitrogen and oxygen atoms in total. The Balaban J connectivity index is 1.52. The lowest BCUT2D eigenvalue weighted by Crippen LogP contribution is -2.31. The molecule has 9 heteroatoms. The Kier molecular flexibility index (Phi) is 4.50. The Morgan fingerprint density at radius 1 is 1.31 bits per heavy atom. The molecule has 0 radical (unpaired) electrons. The van der Waals surface area contributed by atoms with Crippen LogP contribution in [0.1, 0.15) is 30.3 Å². The van der Waals surface area contributed by atoms with E-state index < -0.39 is 10.0 Å². The fourth-order valence-corrected chi connectivity index (χ4v) is 5.01. The van der Waals surface area contributed by atoms with E-state index in [0.717, 1.165) is 36.0 Å². The van der Waals surface area contributed by atoms with Crippen molar-refractivity contribution in [3.63, 3.8) is 0 Å². The number of aromatic nitrogens is 3. The molecular weight excluding hydrogens is 374 g/mol. The van der Waals surface area contributed by atoms with Gasteiger partial charge in [-0.25, -0.2) is 13.1 Å². The second-order valence-electron chi connectivity index (χ2n) is 6.63. The van der Waals surface area contributed by atoms with Gasteiger partial charge in [0.1, 0.15) is 0 Å². The van der Waals surface area contributed by atoms with Gasteiger partial charge in [-0.05, 0) is 36.1 Å². The van der Waals surface area contributed by atoms with Crippen LogP contribution in [0.2, 0.25) is 5.02 Å². The SMILES string of the molecule is Cn1c(C2CCS(=O)(=O)N2)nnc1N1CC=C(c2cccc(Cl)c2)CC1. The van der Waals surface area contributed by atoms with Crippen molar-refractivity contribution in [3.05, 3.63) is 46.8 Å². The van der Waals surface area contributed by atoms with E-state index in [-0.39, 0.29) is 11.8 Å². The zero-order valence-electron chi connectivity index (χ0n) is 14.4. The molecule has 1 fully saturated rings. The Hall–Kier alpha value is -1.90. The summed E-state index contributed by atoms with van der Waals surface area (Å²) < 4.78 is 27.8. The first kappa shape index (κ1) is 17.5.